The van der Waals surface area contributed by atoms with Crippen LogP contribution in [-0.2, 0) is 11.2 Å². The summed E-state index contributed by atoms with van der Waals surface area (Å²) in [5.74, 6) is -0.350. The largest absolute Gasteiger partial charge is 0.325 e. The molecule has 2 heterocycles. The molecule has 0 aliphatic carbocycles. The Bertz CT molecular complexity index is 715. The van der Waals surface area contributed by atoms with E-state index < -0.39 is 0 Å². The molecule has 112 valence electrons. The number of anilines is 2. The summed E-state index contributed by atoms with van der Waals surface area (Å²) in [6, 6.07) is 9.04. The molecule has 22 heavy (non-hydrogen) atoms. The van der Waals surface area contributed by atoms with Crippen LogP contribution in [0.5, 0.6) is 0 Å². The van der Waals surface area contributed by atoms with E-state index in [0.717, 1.165) is 17.7 Å². The number of nitrogens with two attached hydrogens (primary N) is 1. The molecular weight excluding hydrogens is 280 g/mol. The van der Waals surface area contributed by atoms with Crippen molar-refractivity contribution in [3.63, 3.8) is 0 Å². The lowest BCUT2D eigenvalue weighted by Crippen LogP contribution is -2.29. The van der Waals surface area contributed by atoms with Crippen molar-refractivity contribution >= 4 is 23.2 Å². The van der Waals surface area contributed by atoms with Crippen molar-refractivity contribution < 1.29 is 9.59 Å². The lowest BCUT2D eigenvalue weighted by molar-refractivity contribution is -0.114. The molecule has 1 aliphatic heterocycles. The highest BCUT2D eigenvalue weighted by Gasteiger charge is 2.26. The lowest BCUT2D eigenvalue weighted by Gasteiger charge is -2.18. The van der Waals surface area contributed by atoms with E-state index in [1.807, 2.05) is 18.2 Å². The van der Waals surface area contributed by atoms with Crippen molar-refractivity contribution in [2.45, 2.75) is 6.42 Å². The average molecular weight is 296 g/mol. The number of carbonyl (C=O) groups excluding carboxylic acids is 2. The molecule has 0 bridgehead atoms. The zero-order valence-corrected chi connectivity index (χ0v) is 12.0. The van der Waals surface area contributed by atoms with E-state index in [4.69, 9.17) is 5.73 Å². The minimum Gasteiger partial charge on any atom is -0.325 e. The number of carbonyl (C=O) groups is 2. The first-order valence-corrected chi connectivity index (χ1v) is 7.04. The highest BCUT2D eigenvalue weighted by Crippen LogP contribution is 2.31. The molecule has 0 saturated heterocycles. The molecule has 0 unspecified atom stereocenters. The predicted molar refractivity (Wildman–Crippen MR) is 83.7 cm³/mol. The molecule has 6 nitrogen and oxygen atoms in total. The summed E-state index contributed by atoms with van der Waals surface area (Å²) in [6.07, 6.45) is 3.99. The Morgan fingerprint density at radius 1 is 1.32 bits per heavy atom. The smallest absolute Gasteiger partial charge is 0.259 e. The van der Waals surface area contributed by atoms with Crippen LogP contribution >= 0.6 is 0 Å². The first-order valence-electron chi connectivity index (χ1n) is 7.04. The maximum atomic E-state index is 12.6. The molecular formula is C16H16N4O2. The Labute approximate surface area is 127 Å². The highest BCUT2D eigenvalue weighted by molar-refractivity contribution is 6.07. The van der Waals surface area contributed by atoms with Crippen molar-refractivity contribution in [2.24, 2.45) is 5.73 Å². The Hall–Kier alpha value is -2.73. The second-order valence-electron chi connectivity index (χ2n) is 5.04. The molecule has 3 N–H and O–H groups in total. The van der Waals surface area contributed by atoms with E-state index in [-0.39, 0.29) is 18.4 Å². The molecule has 0 fully saturated rings. The third-order valence-electron chi connectivity index (χ3n) is 3.60. The average Bonchev–Trinajstić information content (AvgIpc) is 2.98. The lowest BCUT2D eigenvalue weighted by atomic mass is 10.1. The van der Waals surface area contributed by atoms with Gasteiger partial charge in [0.15, 0.2) is 0 Å². The number of hydrogen-bond acceptors (Lipinski definition) is 4. The maximum absolute atomic E-state index is 12.6. The van der Waals surface area contributed by atoms with Crippen LogP contribution in [0.15, 0.2) is 42.7 Å². The van der Waals surface area contributed by atoms with Gasteiger partial charge in [0.25, 0.3) is 5.91 Å². The molecule has 6 heteroatoms. The van der Waals surface area contributed by atoms with Gasteiger partial charge in [-0.15, -0.1) is 0 Å². The van der Waals surface area contributed by atoms with Crippen LogP contribution in [0, 0.1) is 0 Å². The second kappa shape index (κ2) is 5.95. The van der Waals surface area contributed by atoms with Gasteiger partial charge in [-0.25, -0.2) is 0 Å². The third-order valence-corrected chi connectivity index (χ3v) is 3.60. The van der Waals surface area contributed by atoms with Crippen LogP contribution in [0.1, 0.15) is 15.9 Å². The normalized spacial score (nSPS) is 12.9. The summed E-state index contributed by atoms with van der Waals surface area (Å²) in [5.41, 5.74) is 8.40. The van der Waals surface area contributed by atoms with Crippen molar-refractivity contribution in [2.75, 3.05) is 23.3 Å². The molecule has 2 aromatic rings. The van der Waals surface area contributed by atoms with Gasteiger partial charge in [0, 0.05) is 30.3 Å². The maximum Gasteiger partial charge on any atom is 0.259 e. The fourth-order valence-corrected chi connectivity index (χ4v) is 2.53. The van der Waals surface area contributed by atoms with E-state index in [9.17, 15) is 9.59 Å². The number of benzene rings is 1. The molecule has 0 saturated carbocycles. The SMILES string of the molecule is NCC(=O)Nc1ccc2c(c1)N(C(=O)c1cccnc1)CC2. The number of pyridine rings is 1. The molecule has 1 aromatic heterocycles. The summed E-state index contributed by atoms with van der Waals surface area (Å²) >= 11 is 0. The standard InChI is InChI=1S/C16H16N4O2/c17-9-15(21)19-13-4-3-11-5-7-20(14(11)8-13)16(22)12-2-1-6-18-10-12/h1-4,6,8,10H,5,7,9,17H2,(H,19,21). The second-order valence-corrected chi connectivity index (χ2v) is 5.04. The van der Waals surface area contributed by atoms with Crippen LogP contribution in [0.2, 0.25) is 0 Å². The first-order chi connectivity index (χ1) is 10.7. The van der Waals surface area contributed by atoms with Crippen LogP contribution < -0.4 is 16.0 Å². The van der Waals surface area contributed by atoms with Gasteiger partial charge < -0.3 is 16.0 Å². The minimum atomic E-state index is -0.261. The van der Waals surface area contributed by atoms with Crippen LogP contribution in [0.25, 0.3) is 0 Å². The number of fused-ring (bicyclic) bond motifs is 1. The fourth-order valence-electron chi connectivity index (χ4n) is 2.53. The number of aromatic nitrogens is 1. The molecule has 3 rings (SSSR count). The van der Waals surface area contributed by atoms with Crippen LogP contribution in [-0.4, -0.2) is 29.9 Å². The van der Waals surface area contributed by atoms with Crippen LogP contribution in [0.4, 0.5) is 11.4 Å². The van der Waals surface area contributed by atoms with Gasteiger partial charge in [-0.1, -0.05) is 6.07 Å². The summed E-state index contributed by atoms with van der Waals surface area (Å²) in [7, 11) is 0. The van der Waals surface area contributed by atoms with Gasteiger partial charge in [-0.2, -0.15) is 0 Å². The van der Waals surface area contributed by atoms with Gasteiger partial charge in [-0.05, 0) is 36.2 Å². The van der Waals surface area contributed by atoms with Crippen molar-refractivity contribution in [3.8, 4) is 0 Å². The molecule has 1 aromatic carbocycles. The van der Waals surface area contributed by atoms with Gasteiger partial charge in [0.05, 0.1) is 12.1 Å². The van der Waals surface area contributed by atoms with Gasteiger partial charge in [0.1, 0.15) is 0 Å². The Balaban J connectivity index is 1.88. The monoisotopic (exact) mass is 296 g/mol. The van der Waals surface area contributed by atoms with E-state index in [1.165, 1.54) is 0 Å². The summed E-state index contributed by atoms with van der Waals surface area (Å²) in [6.45, 7) is 0.548. The van der Waals surface area contributed by atoms with Crippen LogP contribution in [0.3, 0.4) is 0 Å². The molecule has 0 radical (unpaired) electrons. The number of nitrogens with one attached hydrogen (secondary N) is 1. The van der Waals surface area contributed by atoms with Crippen molar-refractivity contribution in [1.82, 2.24) is 4.98 Å². The van der Waals surface area contributed by atoms with E-state index in [0.29, 0.717) is 17.8 Å². The Morgan fingerprint density at radius 3 is 2.91 bits per heavy atom. The van der Waals surface area contributed by atoms with Gasteiger partial charge >= 0.3 is 0 Å². The predicted octanol–water partition coefficient (Wildman–Crippen LogP) is 1.18. The number of hydrogen-bond donors (Lipinski definition) is 2. The first kappa shape index (κ1) is 14.2. The topological polar surface area (TPSA) is 88.3 Å². The molecule has 1 aliphatic rings. The number of nitrogens with zero attached hydrogens (tertiary/aromatic N) is 2. The Morgan fingerprint density at radius 2 is 2.18 bits per heavy atom. The quantitative estimate of drug-likeness (QED) is 0.890. The zero-order chi connectivity index (χ0) is 15.5. The minimum absolute atomic E-state index is 0.0740. The summed E-state index contributed by atoms with van der Waals surface area (Å²) < 4.78 is 0. The van der Waals surface area contributed by atoms with Gasteiger partial charge in [0.2, 0.25) is 5.91 Å². The van der Waals surface area contributed by atoms with Crippen molar-refractivity contribution in [3.05, 3.63) is 53.9 Å². The number of amides is 2. The summed E-state index contributed by atoms with van der Waals surface area (Å²) in [5, 5.41) is 2.71. The molecule has 0 atom stereocenters. The molecule has 0 spiro atoms. The fraction of sp³-hybridized carbons (Fsp3) is 0.188. The van der Waals surface area contributed by atoms with Crippen molar-refractivity contribution in [1.29, 1.82) is 0 Å². The Kier molecular flexibility index (Phi) is 3.84. The van der Waals surface area contributed by atoms with E-state index in [2.05, 4.69) is 10.3 Å². The third kappa shape index (κ3) is 2.68. The van der Waals surface area contributed by atoms with Gasteiger partial charge in [-0.3, -0.25) is 14.6 Å². The van der Waals surface area contributed by atoms with E-state index >= 15 is 0 Å². The molecule has 2 amide bonds. The zero-order valence-electron chi connectivity index (χ0n) is 12.0. The number of rotatable bonds is 3. The summed E-state index contributed by atoms with van der Waals surface area (Å²) in [4.78, 5) is 29.7. The van der Waals surface area contributed by atoms with E-state index in [1.54, 1.807) is 29.4 Å². The highest BCUT2D eigenvalue weighted by atomic mass is 16.2.